The molecule has 1 aliphatic carbocycles. The molecule has 1 N–H and O–H groups in total. The highest BCUT2D eigenvalue weighted by Gasteiger charge is 2.48. The topological polar surface area (TPSA) is 76.2 Å². The molecule has 1 fully saturated rings. The molecule has 0 radical (unpaired) electrons. The standard InChI is InChI=1S/C13H10ClFN2O3/c14-10-4-7(15)2-1-6(10)3-11-16-12(20-17-11)8-5-9(8)13(18)19/h1-2,4,8-9H,3,5H2,(H,18,19). The first-order valence-electron chi connectivity index (χ1n) is 6.04. The van der Waals surface area contributed by atoms with E-state index in [4.69, 9.17) is 21.2 Å². The van der Waals surface area contributed by atoms with Crippen LogP contribution in [0.25, 0.3) is 0 Å². The van der Waals surface area contributed by atoms with Crippen molar-refractivity contribution >= 4 is 17.6 Å². The van der Waals surface area contributed by atoms with E-state index in [1.807, 2.05) is 0 Å². The number of hydrogen-bond acceptors (Lipinski definition) is 4. The summed E-state index contributed by atoms with van der Waals surface area (Å²) >= 11 is 5.92. The van der Waals surface area contributed by atoms with Crippen molar-refractivity contribution in [1.82, 2.24) is 10.1 Å². The van der Waals surface area contributed by atoms with Gasteiger partial charge in [0.25, 0.3) is 0 Å². The zero-order valence-electron chi connectivity index (χ0n) is 10.2. The van der Waals surface area contributed by atoms with Crippen LogP contribution in [0.5, 0.6) is 0 Å². The zero-order valence-corrected chi connectivity index (χ0v) is 11.0. The summed E-state index contributed by atoms with van der Waals surface area (Å²) in [7, 11) is 0. The molecule has 20 heavy (non-hydrogen) atoms. The number of carboxylic acid groups (broad SMARTS) is 1. The van der Waals surface area contributed by atoms with Gasteiger partial charge in [0.05, 0.1) is 11.8 Å². The minimum atomic E-state index is -0.851. The van der Waals surface area contributed by atoms with Crippen LogP contribution in [0, 0.1) is 11.7 Å². The minimum absolute atomic E-state index is 0.197. The van der Waals surface area contributed by atoms with Crippen LogP contribution in [0.1, 0.15) is 29.6 Å². The SMILES string of the molecule is O=C(O)C1CC1c1nc(Cc2ccc(F)cc2Cl)no1. The van der Waals surface area contributed by atoms with Crippen LogP contribution in [0.15, 0.2) is 22.7 Å². The van der Waals surface area contributed by atoms with E-state index in [2.05, 4.69) is 10.1 Å². The van der Waals surface area contributed by atoms with Gasteiger partial charge in [-0.1, -0.05) is 22.8 Å². The van der Waals surface area contributed by atoms with Gasteiger partial charge in [-0.3, -0.25) is 4.79 Å². The average Bonchev–Trinajstić information content (AvgIpc) is 3.07. The molecule has 104 valence electrons. The molecule has 2 atom stereocenters. The van der Waals surface area contributed by atoms with Crippen LogP contribution in [-0.4, -0.2) is 21.2 Å². The van der Waals surface area contributed by atoms with E-state index in [1.54, 1.807) is 6.07 Å². The van der Waals surface area contributed by atoms with Gasteiger partial charge in [0.15, 0.2) is 5.82 Å². The summed E-state index contributed by atoms with van der Waals surface area (Å²) in [6.07, 6.45) is 0.835. The van der Waals surface area contributed by atoms with E-state index in [-0.39, 0.29) is 5.92 Å². The molecule has 3 rings (SSSR count). The first-order valence-corrected chi connectivity index (χ1v) is 6.41. The summed E-state index contributed by atoms with van der Waals surface area (Å²) in [4.78, 5) is 14.9. The van der Waals surface area contributed by atoms with Gasteiger partial charge >= 0.3 is 5.97 Å². The lowest BCUT2D eigenvalue weighted by molar-refractivity contribution is -0.138. The molecule has 7 heteroatoms. The molecule has 1 aromatic carbocycles. The number of carbonyl (C=O) groups is 1. The highest BCUT2D eigenvalue weighted by Crippen LogP contribution is 2.46. The third-order valence-electron chi connectivity index (χ3n) is 3.27. The summed E-state index contributed by atoms with van der Waals surface area (Å²) in [5, 5.41) is 12.9. The highest BCUT2D eigenvalue weighted by molar-refractivity contribution is 6.31. The maximum absolute atomic E-state index is 12.9. The predicted octanol–water partition coefficient (Wildman–Crippen LogP) is 2.64. The van der Waals surface area contributed by atoms with Crippen LogP contribution < -0.4 is 0 Å². The maximum Gasteiger partial charge on any atom is 0.307 e. The fourth-order valence-electron chi connectivity index (χ4n) is 2.07. The van der Waals surface area contributed by atoms with Crippen LogP contribution >= 0.6 is 11.6 Å². The molecule has 1 heterocycles. The molecular formula is C13H10ClFN2O3. The number of hydrogen-bond donors (Lipinski definition) is 1. The fourth-order valence-corrected chi connectivity index (χ4v) is 2.30. The van der Waals surface area contributed by atoms with Gasteiger partial charge in [0.1, 0.15) is 5.82 Å². The Labute approximate surface area is 118 Å². The second-order valence-electron chi connectivity index (χ2n) is 4.75. The van der Waals surface area contributed by atoms with Crippen molar-refractivity contribution in [2.75, 3.05) is 0 Å². The van der Waals surface area contributed by atoms with Crippen molar-refractivity contribution in [3.05, 3.63) is 46.3 Å². The lowest BCUT2D eigenvalue weighted by atomic mass is 10.1. The van der Waals surface area contributed by atoms with Gasteiger partial charge in [0.2, 0.25) is 5.89 Å². The second-order valence-corrected chi connectivity index (χ2v) is 5.16. The molecule has 0 amide bonds. The van der Waals surface area contributed by atoms with Gasteiger partial charge in [-0.15, -0.1) is 0 Å². The molecule has 1 aliphatic rings. The maximum atomic E-state index is 12.9. The van der Waals surface area contributed by atoms with E-state index >= 15 is 0 Å². The largest absolute Gasteiger partial charge is 0.481 e. The van der Waals surface area contributed by atoms with Crippen LogP contribution in [-0.2, 0) is 11.2 Å². The number of rotatable bonds is 4. The van der Waals surface area contributed by atoms with Gasteiger partial charge in [-0.05, 0) is 24.1 Å². The summed E-state index contributed by atoms with van der Waals surface area (Å²) in [5.74, 6) is -1.14. The lowest BCUT2D eigenvalue weighted by Crippen LogP contribution is -1.99. The van der Waals surface area contributed by atoms with Crippen LogP contribution in [0.4, 0.5) is 4.39 Å². The Morgan fingerprint density at radius 3 is 3.00 bits per heavy atom. The minimum Gasteiger partial charge on any atom is -0.481 e. The van der Waals surface area contributed by atoms with Gasteiger partial charge in [-0.25, -0.2) is 4.39 Å². The quantitative estimate of drug-likeness (QED) is 0.938. The second kappa shape index (κ2) is 4.86. The van der Waals surface area contributed by atoms with Crippen LogP contribution in [0.3, 0.4) is 0 Å². The van der Waals surface area contributed by atoms with E-state index in [9.17, 15) is 9.18 Å². The Kier molecular flexibility index (Phi) is 3.17. The molecule has 2 unspecified atom stereocenters. The normalized spacial score (nSPS) is 20.9. The van der Waals surface area contributed by atoms with E-state index < -0.39 is 17.7 Å². The fraction of sp³-hybridized carbons (Fsp3) is 0.308. The van der Waals surface area contributed by atoms with E-state index in [0.717, 1.165) is 0 Å². The third kappa shape index (κ3) is 2.51. The summed E-state index contributed by atoms with van der Waals surface area (Å²) < 4.78 is 18.0. The number of aliphatic carboxylic acids is 1. The lowest BCUT2D eigenvalue weighted by Gasteiger charge is -2.00. The van der Waals surface area contributed by atoms with E-state index in [0.29, 0.717) is 35.1 Å². The Morgan fingerprint density at radius 2 is 2.35 bits per heavy atom. The average molecular weight is 297 g/mol. The number of aromatic nitrogens is 2. The number of halogens is 2. The first kappa shape index (κ1) is 13.1. The van der Waals surface area contributed by atoms with Crippen molar-refractivity contribution in [2.45, 2.75) is 18.8 Å². The van der Waals surface area contributed by atoms with Gasteiger partial charge in [-0.2, -0.15) is 4.98 Å². The Balaban J connectivity index is 1.73. The highest BCUT2D eigenvalue weighted by atomic mass is 35.5. The monoisotopic (exact) mass is 296 g/mol. The smallest absolute Gasteiger partial charge is 0.307 e. The molecule has 0 aliphatic heterocycles. The zero-order chi connectivity index (χ0) is 14.3. The van der Waals surface area contributed by atoms with Crippen molar-refractivity contribution in [3.8, 4) is 0 Å². The van der Waals surface area contributed by atoms with Crippen molar-refractivity contribution in [3.63, 3.8) is 0 Å². The predicted molar refractivity (Wildman–Crippen MR) is 67.0 cm³/mol. The van der Waals surface area contributed by atoms with Crippen molar-refractivity contribution < 1.29 is 18.8 Å². The third-order valence-corrected chi connectivity index (χ3v) is 3.62. The number of carboxylic acids is 1. The summed E-state index contributed by atoms with van der Waals surface area (Å²) in [6.45, 7) is 0. The number of nitrogens with zero attached hydrogens (tertiary/aromatic N) is 2. The number of benzene rings is 1. The Bertz CT molecular complexity index is 673. The van der Waals surface area contributed by atoms with E-state index in [1.165, 1.54) is 12.1 Å². The summed E-state index contributed by atoms with van der Waals surface area (Å²) in [6, 6.07) is 4.09. The molecule has 1 aromatic heterocycles. The Hall–Kier alpha value is -1.95. The molecule has 1 saturated carbocycles. The molecule has 0 spiro atoms. The van der Waals surface area contributed by atoms with Crippen LogP contribution in [0.2, 0.25) is 5.02 Å². The molecule has 5 nitrogen and oxygen atoms in total. The van der Waals surface area contributed by atoms with Crippen molar-refractivity contribution in [2.24, 2.45) is 5.92 Å². The Morgan fingerprint density at radius 1 is 1.55 bits per heavy atom. The van der Waals surface area contributed by atoms with Crippen molar-refractivity contribution in [1.29, 1.82) is 0 Å². The van der Waals surface area contributed by atoms with Gasteiger partial charge < -0.3 is 9.63 Å². The first-order chi connectivity index (χ1) is 9.54. The molecule has 0 bridgehead atoms. The van der Waals surface area contributed by atoms with Gasteiger partial charge in [0, 0.05) is 11.4 Å². The molecular weight excluding hydrogens is 287 g/mol. The molecule has 2 aromatic rings. The molecule has 0 saturated heterocycles. The summed E-state index contributed by atoms with van der Waals surface area (Å²) in [5.41, 5.74) is 0.686.